The molecule has 0 saturated heterocycles. The van der Waals surface area contributed by atoms with Gasteiger partial charge in [0.05, 0.1) is 0 Å². The number of hydrogen-bond acceptors (Lipinski definition) is 3. The third kappa shape index (κ3) is 2.34. The van der Waals surface area contributed by atoms with Crippen LogP contribution in [-0.4, -0.2) is 27.6 Å². The van der Waals surface area contributed by atoms with Crippen LogP contribution in [0.1, 0.15) is 36.8 Å². The number of aromatic nitrogens is 3. The molecule has 5 heteroatoms. The van der Waals surface area contributed by atoms with Gasteiger partial charge in [-0.15, -0.1) is 0 Å². The van der Waals surface area contributed by atoms with Gasteiger partial charge < -0.3 is 5.32 Å². The predicted molar refractivity (Wildman–Crippen MR) is 55.2 cm³/mol. The number of carbonyl (C=O) groups excluding carboxylic acids is 1. The van der Waals surface area contributed by atoms with Gasteiger partial charge in [0.15, 0.2) is 0 Å². The van der Waals surface area contributed by atoms with E-state index in [1.807, 2.05) is 0 Å². The number of nitrogens with zero attached hydrogens (tertiary/aromatic N) is 2. The molecule has 15 heavy (non-hydrogen) atoms. The Morgan fingerprint density at radius 1 is 1.67 bits per heavy atom. The van der Waals surface area contributed by atoms with Crippen LogP contribution in [-0.2, 0) is 0 Å². The second-order valence-corrected chi connectivity index (χ2v) is 4.21. The molecule has 2 rings (SSSR count). The summed E-state index contributed by atoms with van der Waals surface area (Å²) in [5.74, 6) is 1.48. The summed E-state index contributed by atoms with van der Waals surface area (Å²) in [6.45, 7) is 3.00. The van der Waals surface area contributed by atoms with Gasteiger partial charge in [-0.2, -0.15) is 5.10 Å². The first-order chi connectivity index (χ1) is 7.27. The predicted octanol–water partition coefficient (Wildman–Crippen LogP) is 0.971. The van der Waals surface area contributed by atoms with Crippen LogP contribution in [0.4, 0.5) is 0 Å². The van der Waals surface area contributed by atoms with E-state index >= 15 is 0 Å². The van der Waals surface area contributed by atoms with Crippen molar-refractivity contribution in [2.45, 2.75) is 26.2 Å². The van der Waals surface area contributed by atoms with E-state index in [4.69, 9.17) is 0 Å². The van der Waals surface area contributed by atoms with Gasteiger partial charge in [-0.3, -0.25) is 9.89 Å². The Morgan fingerprint density at radius 3 is 3.13 bits per heavy atom. The van der Waals surface area contributed by atoms with E-state index in [1.165, 1.54) is 25.6 Å². The first-order valence-electron chi connectivity index (χ1n) is 5.41. The summed E-state index contributed by atoms with van der Waals surface area (Å²) >= 11 is 0. The number of rotatable bonds is 3. The summed E-state index contributed by atoms with van der Waals surface area (Å²) in [6, 6.07) is 0. The van der Waals surface area contributed by atoms with Crippen LogP contribution in [0.3, 0.4) is 0 Å². The fraction of sp³-hybridized carbons (Fsp3) is 0.700. The van der Waals surface area contributed by atoms with Crippen LogP contribution in [0.5, 0.6) is 0 Å². The molecule has 82 valence electrons. The third-order valence-corrected chi connectivity index (χ3v) is 3.19. The van der Waals surface area contributed by atoms with Crippen molar-refractivity contribution in [3.63, 3.8) is 0 Å². The summed E-state index contributed by atoms with van der Waals surface area (Å²) in [5.41, 5.74) is 0. The van der Waals surface area contributed by atoms with E-state index in [-0.39, 0.29) is 5.91 Å². The highest BCUT2D eigenvalue weighted by atomic mass is 16.2. The van der Waals surface area contributed by atoms with Gasteiger partial charge in [-0.1, -0.05) is 19.8 Å². The number of aromatic amines is 1. The zero-order valence-electron chi connectivity index (χ0n) is 8.86. The van der Waals surface area contributed by atoms with E-state index in [9.17, 15) is 4.79 Å². The molecule has 2 atom stereocenters. The van der Waals surface area contributed by atoms with Crippen molar-refractivity contribution in [1.29, 1.82) is 0 Å². The minimum atomic E-state index is -0.161. The lowest BCUT2D eigenvalue weighted by atomic mass is 9.98. The number of hydrogen-bond donors (Lipinski definition) is 2. The second kappa shape index (κ2) is 4.42. The van der Waals surface area contributed by atoms with Gasteiger partial charge in [0.25, 0.3) is 5.91 Å². The largest absolute Gasteiger partial charge is 0.349 e. The van der Waals surface area contributed by atoms with Crippen LogP contribution in [0.2, 0.25) is 0 Å². The lowest BCUT2D eigenvalue weighted by Gasteiger charge is -2.14. The minimum Gasteiger partial charge on any atom is -0.349 e. The van der Waals surface area contributed by atoms with E-state index in [1.54, 1.807) is 0 Å². The molecule has 1 heterocycles. The Kier molecular flexibility index (Phi) is 2.99. The summed E-state index contributed by atoms with van der Waals surface area (Å²) in [6.07, 6.45) is 5.12. The van der Waals surface area contributed by atoms with Crippen molar-refractivity contribution < 1.29 is 4.79 Å². The Bertz CT molecular complexity index is 322. The lowest BCUT2D eigenvalue weighted by Crippen LogP contribution is -2.30. The molecule has 0 aliphatic heterocycles. The van der Waals surface area contributed by atoms with Crippen LogP contribution in [0.25, 0.3) is 0 Å². The molecule has 0 radical (unpaired) electrons. The van der Waals surface area contributed by atoms with E-state index in [2.05, 4.69) is 27.4 Å². The molecule has 2 N–H and O–H groups in total. The molecule has 0 spiro atoms. The van der Waals surface area contributed by atoms with Crippen molar-refractivity contribution in [2.75, 3.05) is 6.54 Å². The molecule has 0 bridgehead atoms. The third-order valence-electron chi connectivity index (χ3n) is 3.19. The maximum Gasteiger partial charge on any atom is 0.288 e. The van der Waals surface area contributed by atoms with Gasteiger partial charge in [-0.25, -0.2) is 4.98 Å². The molecule has 1 aliphatic rings. The monoisotopic (exact) mass is 208 g/mol. The normalized spacial score (nSPS) is 25.4. The van der Waals surface area contributed by atoms with Crippen LogP contribution in [0.15, 0.2) is 6.33 Å². The summed E-state index contributed by atoms with van der Waals surface area (Å²) in [4.78, 5) is 15.3. The summed E-state index contributed by atoms with van der Waals surface area (Å²) < 4.78 is 0. The van der Waals surface area contributed by atoms with Crippen molar-refractivity contribution in [3.8, 4) is 0 Å². The number of H-pyrrole nitrogens is 1. The highest BCUT2D eigenvalue weighted by Crippen LogP contribution is 2.30. The van der Waals surface area contributed by atoms with Gasteiger partial charge in [0.2, 0.25) is 5.82 Å². The molecule has 1 saturated carbocycles. The molecule has 0 aromatic carbocycles. The summed E-state index contributed by atoms with van der Waals surface area (Å²) in [5, 5.41) is 9.08. The molecule has 2 unspecified atom stereocenters. The average Bonchev–Trinajstić information content (AvgIpc) is 2.85. The number of carbonyl (C=O) groups is 1. The van der Waals surface area contributed by atoms with E-state index in [0.29, 0.717) is 11.7 Å². The Hall–Kier alpha value is -1.39. The standard InChI is InChI=1S/C10H16N4O/c1-7-3-2-4-8(7)5-11-10(15)9-12-6-13-14-9/h6-8H,2-5H2,1H3,(H,11,15)(H,12,13,14). The molecule has 1 fully saturated rings. The maximum absolute atomic E-state index is 11.5. The lowest BCUT2D eigenvalue weighted by molar-refractivity contribution is 0.0934. The fourth-order valence-electron chi connectivity index (χ4n) is 2.15. The zero-order chi connectivity index (χ0) is 10.7. The van der Waals surface area contributed by atoms with Gasteiger partial charge in [0, 0.05) is 6.54 Å². The van der Waals surface area contributed by atoms with Crippen LogP contribution < -0.4 is 5.32 Å². The zero-order valence-corrected chi connectivity index (χ0v) is 8.86. The SMILES string of the molecule is CC1CCCC1CNC(=O)c1ncn[nH]1. The van der Waals surface area contributed by atoms with Crippen molar-refractivity contribution >= 4 is 5.91 Å². The average molecular weight is 208 g/mol. The van der Waals surface area contributed by atoms with E-state index < -0.39 is 0 Å². The molecule has 5 nitrogen and oxygen atoms in total. The Balaban J connectivity index is 1.81. The maximum atomic E-state index is 11.5. The topological polar surface area (TPSA) is 70.7 Å². The second-order valence-electron chi connectivity index (χ2n) is 4.21. The molecular weight excluding hydrogens is 192 g/mol. The molecule has 1 aromatic rings. The number of amides is 1. The first-order valence-corrected chi connectivity index (χ1v) is 5.41. The Morgan fingerprint density at radius 2 is 2.53 bits per heavy atom. The van der Waals surface area contributed by atoms with Crippen molar-refractivity contribution in [1.82, 2.24) is 20.5 Å². The first kappa shape index (κ1) is 10.1. The quantitative estimate of drug-likeness (QED) is 0.777. The number of nitrogens with one attached hydrogen (secondary N) is 2. The minimum absolute atomic E-state index is 0.161. The van der Waals surface area contributed by atoms with Crippen molar-refractivity contribution in [3.05, 3.63) is 12.2 Å². The Labute approximate surface area is 88.7 Å². The van der Waals surface area contributed by atoms with E-state index in [0.717, 1.165) is 12.5 Å². The molecular formula is C10H16N4O. The smallest absolute Gasteiger partial charge is 0.288 e. The highest BCUT2D eigenvalue weighted by molar-refractivity contribution is 5.90. The summed E-state index contributed by atoms with van der Waals surface area (Å²) in [7, 11) is 0. The molecule has 1 amide bonds. The van der Waals surface area contributed by atoms with Crippen LogP contribution >= 0.6 is 0 Å². The van der Waals surface area contributed by atoms with Gasteiger partial charge >= 0.3 is 0 Å². The highest BCUT2D eigenvalue weighted by Gasteiger charge is 2.23. The van der Waals surface area contributed by atoms with Gasteiger partial charge in [-0.05, 0) is 18.3 Å². The molecule has 1 aliphatic carbocycles. The van der Waals surface area contributed by atoms with Crippen molar-refractivity contribution in [2.24, 2.45) is 11.8 Å². The fourth-order valence-corrected chi connectivity index (χ4v) is 2.15. The van der Waals surface area contributed by atoms with Gasteiger partial charge in [0.1, 0.15) is 6.33 Å². The molecule has 1 aromatic heterocycles. The van der Waals surface area contributed by atoms with Crippen LogP contribution in [0, 0.1) is 11.8 Å².